The number of hydrogen-bond acceptors (Lipinski definition) is 5. The van der Waals surface area contributed by atoms with Crippen molar-refractivity contribution in [2.75, 3.05) is 6.26 Å². The number of halogens is 1. The van der Waals surface area contributed by atoms with Gasteiger partial charge in [-0.3, -0.25) is 0 Å². The van der Waals surface area contributed by atoms with Crippen LogP contribution >= 0.6 is 57.5 Å². The van der Waals surface area contributed by atoms with E-state index in [2.05, 4.69) is 57.1 Å². The third-order valence-corrected chi connectivity index (χ3v) is 5.66. The summed E-state index contributed by atoms with van der Waals surface area (Å²) in [6.45, 7) is 0. The summed E-state index contributed by atoms with van der Waals surface area (Å²) in [6.07, 6.45) is 2.02. The average Bonchev–Trinajstić information content (AvgIpc) is 2.76. The molecule has 1 aromatic heterocycles. The van der Waals surface area contributed by atoms with Crippen molar-refractivity contribution < 1.29 is 0 Å². The van der Waals surface area contributed by atoms with Gasteiger partial charge in [0.25, 0.3) is 0 Å². The van der Waals surface area contributed by atoms with E-state index >= 15 is 0 Å². The van der Waals surface area contributed by atoms with Crippen LogP contribution in [0, 0.1) is 3.57 Å². The first kappa shape index (κ1) is 12.7. The molecule has 0 N–H and O–H groups in total. The maximum atomic E-state index is 4.13. The standard InChI is InChI=1S/C10H9IN2S3/c1-14-9-12-13-10(16-9)15-6-7-2-4-8(11)5-3-7/h2-5H,6H2,1H3. The molecule has 0 saturated carbocycles. The lowest BCUT2D eigenvalue weighted by Gasteiger charge is -1.98. The number of thioether (sulfide) groups is 2. The molecule has 6 heteroatoms. The maximum absolute atomic E-state index is 4.13. The summed E-state index contributed by atoms with van der Waals surface area (Å²) in [5.74, 6) is 0.958. The Morgan fingerprint density at radius 3 is 2.50 bits per heavy atom. The maximum Gasteiger partial charge on any atom is 0.175 e. The lowest BCUT2D eigenvalue weighted by molar-refractivity contribution is 0.955. The van der Waals surface area contributed by atoms with Gasteiger partial charge in [0.2, 0.25) is 0 Å². The monoisotopic (exact) mass is 380 g/mol. The molecule has 2 aromatic rings. The molecule has 84 valence electrons. The Kier molecular flexibility index (Phi) is 4.93. The molecule has 2 nitrogen and oxygen atoms in total. The lowest BCUT2D eigenvalue weighted by atomic mass is 10.2. The predicted octanol–water partition coefficient (Wildman–Crippen LogP) is 4.16. The Bertz CT molecular complexity index is 455. The van der Waals surface area contributed by atoms with E-state index < -0.39 is 0 Å². The molecular formula is C10H9IN2S3. The summed E-state index contributed by atoms with van der Waals surface area (Å²) in [4.78, 5) is 0. The normalized spacial score (nSPS) is 10.6. The van der Waals surface area contributed by atoms with Crippen LogP contribution < -0.4 is 0 Å². The van der Waals surface area contributed by atoms with E-state index in [0.29, 0.717) is 0 Å². The molecule has 0 aliphatic rings. The van der Waals surface area contributed by atoms with E-state index in [9.17, 15) is 0 Å². The number of benzene rings is 1. The molecule has 0 bridgehead atoms. The van der Waals surface area contributed by atoms with Crippen LogP contribution in [0.4, 0.5) is 0 Å². The van der Waals surface area contributed by atoms with Gasteiger partial charge in [0.1, 0.15) is 0 Å². The van der Waals surface area contributed by atoms with Crippen LogP contribution in [0.2, 0.25) is 0 Å². The number of aromatic nitrogens is 2. The fraction of sp³-hybridized carbons (Fsp3) is 0.200. The summed E-state index contributed by atoms with van der Waals surface area (Å²) in [7, 11) is 0. The molecule has 0 saturated heterocycles. The molecule has 0 fully saturated rings. The van der Waals surface area contributed by atoms with Crippen LogP contribution in [-0.2, 0) is 5.75 Å². The van der Waals surface area contributed by atoms with E-state index in [1.165, 1.54) is 9.13 Å². The van der Waals surface area contributed by atoms with Crippen molar-refractivity contribution in [1.29, 1.82) is 0 Å². The van der Waals surface area contributed by atoms with Gasteiger partial charge in [0, 0.05) is 9.32 Å². The topological polar surface area (TPSA) is 25.8 Å². The zero-order valence-electron chi connectivity index (χ0n) is 8.51. The van der Waals surface area contributed by atoms with Crippen molar-refractivity contribution in [3.63, 3.8) is 0 Å². The third-order valence-electron chi connectivity index (χ3n) is 1.84. The van der Waals surface area contributed by atoms with Gasteiger partial charge in [-0.1, -0.05) is 47.0 Å². The summed E-state index contributed by atoms with van der Waals surface area (Å²) in [6, 6.07) is 8.57. The van der Waals surface area contributed by atoms with Crippen LogP contribution in [0.3, 0.4) is 0 Å². The van der Waals surface area contributed by atoms with Gasteiger partial charge >= 0.3 is 0 Å². The first-order chi connectivity index (χ1) is 7.78. The number of nitrogens with zero attached hydrogens (tertiary/aromatic N) is 2. The van der Waals surface area contributed by atoms with Crippen LogP contribution in [0.15, 0.2) is 32.9 Å². The second-order valence-electron chi connectivity index (χ2n) is 2.95. The molecule has 16 heavy (non-hydrogen) atoms. The highest BCUT2D eigenvalue weighted by Crippen LogP contribution is 2.29. The number of hydrogen-bond donors (Lipinski definition) is 0. The average molecular weight is 380 g/mol. The first-order valence-corrected chi connectivity index (χ1v) is 8.63. The van der Waals surface area contributed by atoms with Gasteiger partial charge in [0.15, 0.2) is 8.68 Å². The quantitative estimate of drug-likeness (QED) is 0.588. The molecule has 0 unspecified atom stereocenters. The van der Waals surface area contributed by atoms with Crippen molar-refractivity contribution >= 4 is 57.5 Å². The molecular weight excluding hydrogens is 371 g/mol. The summed E-state index contributed by atoms with van der Waals surface area (Å²) < 4.78 is 3.35. The zero-order valence-corrected chi connectivity index (χ0v) is 13.1. The van der Waals surface area contributed by atoms with Crippen molar-refractivity contribution in [3.05, 3.63) is 33.4 Å². The molecule has 0 aliphatic heterocycles. The molecule has 2 rings (SSSR count). The third kappa shape index (κ3) is 3.61. The van der Waals surface area contributed by atoms with E-state index in [1.807, 2.05) is 6.26 Å². The van der Waals surface area contributed by atoms with Crippen LogP contribution in [0.1, 0.15) is 5.56 Å². The molecule has 0 spiro atoms. The molecule has 0 atom stereocenters. The van der Waals surface area contributed by atoms with Gasteiger partial charge in [-0.15, -0.1) is 10.2 Å². The largest absolute Gasteiger partial charge is 0.175 e. The molecule has 1 heterocycles. The van der Waals surface area contributed by atoms with Crippen LogP contribution in [0.25, 0.3) is 0 Å². The lowest BCUT2D eigenvalue weighted by Crippen LogP contribution is -1.80. The van der Waals surface area contributed by atoms with Crippen molar-refractivity contribution in [2.45, 2.75) is 14.4 Å². The van der Waals surface area contributed by atoms with Gasteiger partial charge in [-0.05, 0) is 46.5 Å². The van der Waals surface area contributed by atoms with Gasteiger partial charge < -0.3 is 0 Å². The Morgan fingerprint density at radius 2 is 1.88 bits per heavy atom. The highest BCUT2D eigenvalue weighted by atomic mass is 127. The molecule has 0 radical (unpaired) electrons. The number of rotatable bonds is 4. The fourth-order valence-electron chi connectivity index (χ4n) is 1.06. The summed E-state index contributed by atoms with van der Waals surface area (Å²) >= 11 is 7.36. The second kappa shape index (κ2) is 6.23. The zero-order chi connectivity index (χ0) is 11.4. The summed E-state index contributed by atoms with van der Waals surface area (Å²) in [5.41, 5.74) is 1.33. The molecule has 0 amide bonds. The predicted molar refractivity (Wildman–Crippen MR) is 80.4 cm³/mol. The minimum absolute atomic E-state index is 0.958. The van der Waals surface area contributed by atoms with Gasteiger partial charge in [-0.2, -0.15) is 0 Å². The fourth-order valence-corrected chi connectivity index (χ4v) is 3.82. The minimum Gasteiger partial charge on any atom is -0.131 e. The smallest absolute Gasteiger partial charge is 0.131 e. The minimum atomic E-state index is 0.958. The van der Waals surface area contributed by atoms with Crippen molar-refractivity contribution in [2.24, 2.45) is 0 Å². The van der Waals surface area contributed by atoms with Crippen molar-refractivity contribution in [3.8, 4) is 0 Å². The summed E-state index contributed by atoms with van der Waals surface area (Å²) in [5, 5.41) is 8.20. The van der Waals surface area contributed by atoms with Crippen molar-refractivity contribution in [1.82, 2.24) is 10.2 Å². The Balaban J connectivity index is 1.94. The van der Waals surface area contributed by atoms with Gasteiger partial charge in [0.05, 0.1) is 0 Å². The Labute approximate surface area is 121 Å². The van der Waals surface area contributed by atoms with E-state index in [0.717, 1.165) is 14.4 Å². The highest BCUT2D eigenvalue weighted by molar-refractivity contribution is 14.1. The Hall–Kier alpha value is 0.210. The van der Waals surface area contributed by atoms with E-state index in [-0.39, 0.29) is 0 Å². The first-order valence-electron chi connectivity index (χ1n) is 4.52. The van der Waals surface area contributed by atoms with E-state index in [1.54, 1.807) is 34.9 Å². The molecule has 0 aliphatic carbocycles. The highest BCUT2D eigenvalue weighted by Gasteiger charge is 2.03. The van der Waals surface area contributed by atoms with Crippen LogP contribution in [0.5, 0.6) is 0 Å². The molecule has 1 aromatic carbocycles. The second-order valence-corrected chi connectivity index (χ2v) is 7.45. The Morgan fingerprint density at radius 1 is 1.19 bits per heavy atom. The van der Waals surface area contributed by atoms with Crippen LogP contribution in [-0.4, -0.2) is 16.5 Å². The van der Waals surface area contributed by atoms with E-state index in [4.69, 9.17) is 0 Å². The van der Waals surface area contributed by atoms with Gasteiger partial charge in [-0.25, -0.2) is 0 Å². The SMILES string of the molecule is CSc1nnc(SCc2ccc(I)cc2)s1.